The fourth-order valence-corrected chi connectivity index (χ4v) is 2.76. The van der Waals surface area contributed by atoms with Crippen LogP contribution in [0, 0.1) is 5.92 Å². The van der Waals surface area contributed by atoms with Gasteiger partial charge in [0.15, 0.2) is 5.58 Å². The number of hydrogen-bond donors (Lipinski definition) is 2. The van der Waals surface area contributed by atoms with Crippen LogP contribution in [0.25, 0.3) is 11.1 Å². The molecule has 0 saturated heterocycles. The number of nitrogens with zero attached hydrogens (tertiary/aromatic N) is 2. The lowest BCUT2D eigenvalue weighted by atomic mass is 10.1. The van der Waals surface area contributed by atoms with Crippen molar-refractivity contribution in [3.05, 3.63) is 42.2 Å². The summed E-state index contributed by atoms with van der Waals surface area (Å²) in [7, 11) is 1.56. The second-order valence-electron chi connectivity index (χ2n) is 6.48. The number of hydrogen-bond acceptors (Lipinski definition) is 6. The molecule has 29 heavy (non-hydrogen) atoms. The quantitative estimate of drug-likeness (QED) is 0.539. The van der Waals surface area contributed by atoms with E-state index in [1.807, 2.05) is 26.0 Å². The summed E-state index contributed by atoms with van der Waals surface area (Å²) >= 11 is 0. The molecular weight excluding hydrogens is 368 g/mol. The smallest absolute Gasteiger partial charge is 0.295 e. The van der Waals surface area contributed by atoms with Crippen molar-refractivity contribution in [1.82, 2.24) is 15.3 Å². The number of benzene rings is 1. The molecule has 7 heteroatoms. The van der Waals surface area contributed by atoms with Crippen LogP contribution in [0.1, 0.15) is 51.0 Å². The van der Waals surface area contributed by atoms with Crippen LogP contribution >= 0.6 is 0 Å². The van der Waals surface area contributed by atoms with Gasteiger partial charge in [-0.25, -0.2) is 0 Å². The summed E-state index contributed by atoms with van der Waals surface area (Å²) in [5.41, 5.74) is 1.69. The van der Waals surface area contributed by atoms with Gasteiger partial charge >= 0.3 is 0 Å². The lowest BCUT2D eigenvalue weighted by molar-refractivity contribution is 0.0958. The summed E-state index contributed by atoms with van der Waals surface area (Å²) in [5.74, 6) is 1.41. The molecule has 0 bridgehead atoms. The van der Waals surface area contributed by atoms with E-state index in [4.69, 9.17) is 9.15 Å². The maximum atomic E-state index is 11.7. The Morgan fingerprint density at radius 1 is 1.21 bits per heavy atom. The van der Waals surface area contributed by atoms with Gasteiger partial charge in [-0.1, -0.05) is 34.1 Å². The van der Waals surface area contributed by atoms with Gasteiger partial charge in [-0.15, -0.1) is 0 Å². The van der Waals surface area contributed by atoms with Crippen molar-refractivity contribution < 1.29 is 13.9 Å². The number of rotatable bonds is 8. The zero-order valence-electron chi connectivity index (χ0n) is 17.8. The van der Waals surface area contributed by atoms with Crippen LogP contribution < -0.4 is 15.4 Å². The maximum Gasteiger partial charge on any atom is 0.295 e. The number of fused-ring (bicyclic) bond motifs is 1. The molecule has 3 rings (SSSR count). The minimum atomic E-state index is -0.265. The van der Waals surface area contributed by atoms with Gasteiger partial charge in [0.05, 0.1) is 0 Å². The molecule has 0 aliphatic rings. The van der Waals surface area contributed by atoms with E-state index < -0.39 is 0 Å². The van der Waals surface area contributed by atoms with Crippen LogP contribution in [-0.4, -0.2) is 29.5 Å². The molecule has 1 amide bonds. The molecule has 0 radical (unpaired) electrons. The largest absolute Gasteiger partial charge is 0.457 e. The Labute approximate surface area is 171 Å². The van der Waals surface area contributed by atoms with E-state index in [0.29, 0.717) is 34.7 Å². The van der Waals surface area contributed by atoms with Crippen LogP contribution in [-0.2, 0) is 0 Å². The third-order valence-electron chi connectivity index (χ3n) is 4.17. The zero-order chi connectivity index (χ0) is 21.2. The van der Waals surface area contributed by atoms with Gasteiger partial charge in [0, 0.05) is 31.9 Å². The lowest BCUT2D eigenvalue weighted by Gasteiger charge is -2.09. The average Bonchev–Trinajstić information content (AvgIpc) is 3.16. The number of carbonyl (C=O) groups excluding carboxylic acids is 1. The molecule has 3 aromatic rings. The molecule has 7 nitrogen and oxygen atoms in total. The van der Waals surface area contributed by atoms with Crippen LogP contribution in [0.4, 0.5) is 6.01 Å². The molecule has 2 heterocycles. The van der Waals surface area contributed by atoms with Crippen molar-refractivity contribution >= 4 is 23.0 Å². The second kappa shape index (κ2) is 11.0. The van der Waals surface area contributed by atoms with E-state index in [2.05, 4.69) is 34.4 Å². The van der Waals surface area contributed by atoms with E-state index >= 15 is 0 Å². The van der Waals surface area contributed by atoms with E-state index in [0.717, 1.165) is 24.9 Å². The van der Waals surface area contributed by atoms with Gasteiger partial charge in [0.2, 0.25) is 0 Å². The number of oxazole rings is 1. The Balaban J connectivity index is 0.00000145. The van der Waals surface area contributed by atoms with Crippen molar-refractivity contribution in [2.24, 2.45) is 5.92 Å². The summed E-state index contributed by atoms with van der Waals surface area (Å²) < 4.78 is 11.6. The van der Waals surface area contributed by atoms with Gasteiger partial charge in [0.25, 0.3) is 11.9 Å². The summed E-state index contributed by atoms with van der Waals surface area (Å²) in [6.45, 7) is 9.20. The van der Waals surface area contributed by atoms with Crippen LogP contribution in [0.2, 0.25) is 0 Å². The minimum absolute atomic E-state index is 0.265. The number of ether oxygens (including phenoxy) is 1. The first-order chi connectivity index (χ1) is 14.1. The number of carbonyl (C=O) groups is 1. The van der Waals surface area contributed by atoms with Gasteiger partial charge in [-0.3, -0.25) is 9.78 Å². The second-order valence-corrected chi connectivity index (χ2v) is 6.48. The normalized spacial score (nSPS) is 11.3. The Bertz CT molecular complexity index is 923. The fourth-order valence-electron chi connectivity index (χ4n) is 2.76. The number of amides is 1. The Morgan fingerprint density at radius 3 is 2.69 bits per heavy atom. The van der Waals surface area contributed by atoms with E-state index in [1.54, 1.807) is 25.2 Å². The van der Waals surface area contributed by atoms with Crippen LogP contribution in [0.3, 0.4) is 0 Å². The van der Waals surface area contributed by atoms with Crippen molar-refractivity contribution in [2.45, 2.75) is 40.5 Å². The van der Waals surface area contributed by atoms with Crippen molar-refractivity contribution in [3.8, 4) is 11.5 Å². The first-order valence-corrected chi connectivity index (χ1v) is 10.1. The zero-order valence-corrected chi connectivity index (χ0v) is 17.8. The molecule has 1 aromatic carbocycles. The fraction of sp³-hybridized carbons (Fsp3) is 0.409. The number of pyridine rings is 1. The monoisotopic (exact) mass is 398 g/mol. The number of nitrogens with one attached hydrogen (secondary N) is 2. The van der Waals surface area contributed by atoms with Gasteiger partial charge < -0.3 is 19.8 Å². The van der Waals surface area contributed by atoms with Gasteiger partial charge in [-0.2, -0.15) is 4.98 Å². The molecule has 156 valence electrons. The van der Waals surface area contributed by atoms with Crippen molar-refractivity contribution in [1.29, 1.82) is 0 Å². The highest BCUT2D eigenvalue weighted by molar-refractivity contribution is 5.92. The first-order valence-electron chi connectivity index (χ1n) is 10.1. The van der Waals surface area contributed by atoms with Crippen LogP contribution in [0.5, 0.6) is 11.5 Å². The topological polar surface area (TPSA) is 89.3 Å². The Morgan fingerprint density at radius 2 is 1.97 bits per heavy atom. The molecule has 0 aliphatic heterocycles. The van der Waals surface area contributed by atoms with E-state index in [1.165, 1.54) is 6.20 Å². The molecule has 0 saturated carbocycles. The predicted octanol–water partition coefficient (Wildman–Crippen LogP) is 5.25. The maximum absolute atomic E-state index is 11.7. The molecular formula is C22H30N4O3. The highest BCUT2D eigenvalue weighted by Gasteiger charge is 2.10. The number of aromatic nitrogens is 2. The standard InChI is InChI=1S/C20H24N4O3.C2H6/c1-4-5-13(2)12-23-20-24-16-7-6-14(11-18(16)27-20)26-15-8-9-22-17(10-15)19(25)21-3;1-2/h6-11,13H,4-5,12H2,1-3H3,(H,21,25)(H,23,24);1-2H3. The molecule has 2 aromatic heterocycles. The van der Waals surface area contributed by atoms with E-state index in [-0.39, 0.29) is 5.91 Å². The predicted molar refractivity (Wildman–Crippen MR) is 116 cm³/mol. The number of anilines is 1. The summed E-state index contributed by atoms with van der Waals surface area (Å²) in [6, 6.07) is 9.23. The lowest BCUT2D eigenvalue weighted by Crippen LogP contribution is -2.18. The molecule has 0 aliphatic carbocycles. The van der Waals surface area contributed by atoms with E-state index in [9.17, 15) is 4.79 Å². The third kappa shape index (κ3) is 6.20. The van der Waals surface area contributed by atoms with Gasteiger partial charge in [0.1, 0.15) is 22.7 Å². The molecule has 0 spiro atoms. The summed E-state index contributed by atoms with van der Waals surface area (Å²) in [6.07, 6.45) is 3.86. The molecule has 1 unspecified atom stereocenters. The van der Waals surface area contributed by atoms with Gasteiger partial charge in [-0.05, 0) is 30.5 Å². The Kier molecular flexibility index (Phi) is 8.45. The van der Waals surface area contributed by atoms with Crippen molar-refractivity contribution in [3.63, 3.8) is 0 Å². The SMILES string of the molecule is CC.CCCC(C)CNc1nc2ccc(Oc3ccnc(C(=O)NC)c3)cc2o1. The molecule has 2 N–H and O–H groups in total. The highest BCUT2D eigenvalue weighted by Crippen LogP contribution is 2.27. The summed E-state index contributed by atoms with van der Waals surface area (Å²) in [4.78, 5) is 20.2. The Hall–Kier alpha value is -3.09. The summed E-state index contributed by atoms with van der Waals surface area (Å²) in [5, 5.41) is 5.78. The average molecular weight is 399 g/mol. The first kappa shape index (κ1) is 22.2. The van der Waals surface area contributed by atoms with Crippen LogP contribution in [0.15, 0.2) is 40.9 Å². The van der Waals surface area contributed by atoms with Crippen molar-refractivity contribution in [2.75, 3.05) is 18.9 Å². The minimum Gasteiger partial charge on any atom is -0.457 e. The third-order valence-corrected chi connectivity index (χ3v) is 4.17. The molecule has 0 fully saturated rings. The molecule has 1 atom stereocenters. The highest BCUT2D eigenvalue weighted by atomic mass is 16.5.